The van der Waals surface area contributed by atoms with E-state index in [1.54, 1.807) is 7.11 Å². The number of sulfone groups is 1. The Kier molecular flexibility index (Phi) is 2.90. The average molecular weight is 241 g/mol. The van der Waals surface area contributed by atoms with Crippen molar-refractivity contribution in [1.29, 1.82) is 0 Å². The van der Waals surface area contributed by atoms with Crippen molar-refractivity contribution in [3.63, 3.8) is 0 Å². The van der Waals surface area contributed by atoms with E-state index in [-0.39, 0.29) is 23.5 Å². The van der Waals surface area contributed by atoms with Gasteiger partial charge in [-0.25, -0.2) is 8.42 Å². The zero-order valence-corrected chi connectivity index (χ0v) is 9.91. The van der Waals surface area contributed by atoms with Crippen LogP contribution in [0.15, 0.2) is 24.3 Å². The Morgan fingerprint density at radius 3 is 2.56 bits per heavy atom. The fraction of sp³-hybridized carbons (Fsp3) is 0.455. The number of para-hydroxylation sites is 1. The van der Waals surface area contributed by atoms with E-state index in [1.165, 1.54) is 0 Å². The van der Waals surface area contributed by atoms with Gasteiger partial charge in [-0.15, -0.1) is 0 Å². The summed E-state index contributed by atoms with van der Waals surface area (Å²) in [5.41, 5.74) is 6.76. The molecular formula is C11H15NO3S. The SMILES string of the molecule is COc1ccccc1C1CS(=O)(=O)CC1N. The van der Waals surface area contributed by atoms with Crippen molar-refractivity contribution in [2.45, 2.75) is 12.0 Å². The van der Waals surface area contributed by atoms with Gasteiger partial charge in [-0.3, -0.25) is 0 Å². The minimum absolute atomic E-state index is 0.0652. The lowest BCUT2D eigenvalue weighted by Gasteiger charge is -2.16. The van der Waals surface area contributed by atoms with Gasteiger partial charge in [0, 0.05) is 12.0 Å². The largest absolute Gasteiger partial charge is 0.496 e. The molecule has 2 rings (SSSR count). The third kappa shape index (κ3) is 2.05. The first kappa shape index (κ1) is 11.4. The van der Waals surface area contributed by atoms with Gasteiger partial charge in [-0.2, -0.15) is 0 Å². The number of ether oxygens (including phenoxy) is 1. The average Bonchev–Trinajstić information content (AvgIpc) is 2.52. The van der Waals surface area contributed by atoms with Gasteiger partial charge in [-0.05, 0) is 11.6 Å². The van der Waals surface area contributed by atoms with Crippen LogP contribution in [-0.4, -0.2) is 33.1 Å². The van der Waals surface area contributed by atoms with Crippen LogP contribution in [0.2, 0.25) is 0 Å². The number of hydrogen-bond donors (Lipinski definition) is 1. The molecule has 88 valence electrons. The summed E-state index contributed by atoms with van der Waals surface area (Å²) >= 11 is 0. The second-order valence-electron chi connectivity index (χ2n) is 4.09. The fourth-order valence-corrected chi connectivity index (χ4v) is 4.10. The van der Waals surface area contributed by atoms with E-state index in [4.69, 9.17) is 10.5 Å². The Labute approximate surface area is 95.3 Å². The van der Waals surface area contributed by atoms with E-state index < -0.39 is 9.84 Å². The standard InChI is InChI=1S/C11H15NO3S/c1-15-11-5-3-2-4-8(11)9-6-16(13,14)7-10(9)12/h2-5,9-10H,6-7,12H2,1H3. The van der Waals surface area contributed by atoms with Gasteiger partial charge in [-0.1, -0.05) is 18.2 Å². The molecule has 2 N–H and O–H groups in total. The molecule has 0 bridgehead atoms. The molecule has 0 aliphatic carbocycles. The highest BCUT2D eigenvalue weighted by molar-refractivity contribution is 7.91. The van der Waals surface area contributed by atoms with Crippen molar-refractivity contribution >= 4 is 9.84 Å². The molecule has 1 saturated heterocycles. The summed E-state index contributed by atoms with van der Waals surface area (Å²) in [6, 6.07) is 7.10. The molecule has 16 heavy (non-hydrogen) atoms. The third-order valence-corrected chi connectivity index (χ3v) is 4.69. The molecule has 1 aliphatic rings. The number of nitrogens with two attached hydrogens (primary N) is 1. The van der Waals surface area contributed by atoms with Crippen LogP contribution in [0.1, 0.15) is 11.5 Å². The van der Waals surface area contributed by atoms with Crippen LogP contribution in [0.4, 0.5) is 0 Å². The smallest absolute Gasteiger partial charge is 0.152 e. The first-order valence-electron chi connectivity index (χ1n) is 5.12. The minimum atomic E-state index is -3.00. The summed E-state index contributed by atoms with van der Waals surface area (Å²) in [4.78, 5) is 0. The van der Waals surface area contributed by atoms with Gasteiger partial charge in [0.1, 0.15) is 5.75 Å². The highest BCUT2D eigenvalue weighted by Crippen LogP contribution is 2.33. The quantitative estimate of drug-likeness (QED) is 0.820. The Morgan fingerprint density at radius 1 is 1.31 bits per heavy atom. The van der Waals surface area contributed by atoms with E-state index in [2.05, 4.69) is 0 Å². The molecule has 0 aromatic heterocycles. The van der Waals surface area contributed by atoms with E-state index in [0.717, 1.165) is 5.56 Å². The molecule has 4 nitrogen and oxygen atoms in total. The molecular weight excluding hydrogens is 226 g/mol. The van der Waals surface area contributed by atoms with Crippen LogP contribution in [0.5, 0.6) is 5.75 Å². The van der Waals surface area contributed by atoms with E-state index in [0.29, 0.717) is 5.75 Å². The predicted molar refractivity (Wildman–Crippen MR) is 62.4 cm³/mol. The van der Waals surface area contributed by atoms with Crippen molar-refractivity contribution in [3.05, 3.63) is 29.8 Å². The molecule has 0 saturated carbocycles. The topological polar surface area (TPSA) is 69.4 Å². The maximum absolute atomic E-state index is 11.5. The molecule has 2 atom stereocenters. The van der Waals surface area contributed by atoms with Crippen molar-refractivity contribution in [2.75, 3.05) is 18.6 Å². The summed E-state index contributed by atoms with van der Waals surface area (Å²) in [5, 5.41) is 0. The van der Waals surface area contributed by atoms with Crippen LogP contribution in [0.25, 0.3) is 0 Å². The molecule has 0 radical (unpaired) electrons. The Hall–Kier alpha value is -1.07. The molecule has 0 amide bonds. The zero-order valence-electron chi connectivity index (χ0n) is 9.09. The first-order valence-corrected chi connectivity index (χ1v) is 6.94. The van der Waals surface area contributed by atoms with Crippen molar-refractivity contribution in [1.82, 2.24) is 0 Å². The van der Waals surface area contributed by atoms with E-state index in [9.17, 15) is 8.42 Å². The summed E-state index contributed by atoms with van der Waals surface area (Å²) in [6.07, 6.45) is 0. The lowest BCUT2D eigenvalue weighted by molar-refractivity contribution is 0.405. The second kappa shape index (κ2) is 4.07. The van der Waals surface area contributed by atoms with Crippen molar-refractivity contribution < 1.29 is 13.2 Å². The van der Waals surface area contributed by atoms with E-state index >= 15 is 0 Å². The van der Waals surface area contributed by atoms with Crippen molar-refractivity contribution in [3.8, 4) is 5.75 Å². The van der Waals surface area contributed by atoms with Crippen LogP contribution < -0.4 is 10.5 Å². The van der Waals surface area contributed by atoms with Gasteiger partial charge in [0.15, 0.2) is 9.84 Å². The molecule has 1 fully saturated rings. The number of methoxy groups -OCH3 is 1. The Balaban J connectivity index is 2.38. The van der Waals surface area contributed by atoms with Crippen LogP contribution in [-0.2, 0) is 9.84 Å². The van der Waals surface area contributed by atoms with Crippen molar-refractivity contribution in [2.24, 2.45) is 5.73 Å². The number of benzene rings is 1. The lowest BCUT2D eigenvalue weighted by atomic mass is 9.94. The Morgan fingerprint density at radius 2 is 2.00 bits per heavy atom. The summed E-state index contributed by atoms with van der Waals surface area (Å²) < 4.78 is 28.2. The normalized spacial score (nSPS) is 27.9. The number of rotatable bonds is 2. The summed E-state index contributed by atoms with van der Waals surface area (Å²) in [5.74, 6) is 0.741. The molecule has 1 aromatic rings. The van der Waals surface area contributed by atoms with Crippen LogP contribution in [0.3, 0.4) is 0 Å². The van der Waals surface area contributed by atoms with Gasteiger partial charge in [0.25, 0.3) is 0 Å². The molecule has 1 aliphatic heterocycles. The zero-order chi connectivity index (χ0) is 11.8. The maximum atomic E-state index is 11.5. The molecule has 2 unspecified atom stereocenters. The summed E-state index contributed by atoms with van der Waals surface area (Å²) in [7, 11) is -1.42. The van der Waals surface area contributed by atoms with Crippen LogP contribution >= 0.6 is 0 Å². The highest BCUT2D eigenvalue weighted by Gasteiger charge is 2.37. The molecule has 1 aromatic carbocycles. The first-order chi connectivity index (χ1) is 7.53. The fourth-order valence-electron chi connectivity index (χ4n) is 2.17. The van der Waals surface area contributed by atoms with Gasteiger partial charge >= 0.3 is 0 Å². The minimum Gasteiger partial charge on any atom is -0.496 e. The Bertz CT molecular complexity index is 484. The lowest BCUT2D eigenvalue weighted by Crippen LogP contribution is -2.27. The van der Waals surface area contributed by atoms with E-state index in [1.807, 2.05) is 24.3 Å². The maximum Gasteiger partial charge on any atom is 0.152 e. The monoisotopic (exact) mass is 241 g/mol. The van der Waals surface area contributed by atoms with Gasteiger partial charge in [0.05, 0.1) is 18.6 Å². The third-order valence-electron chi connectivity index (χ3n) is 2.94. The van der Waals surface area contributed by atoms with Gasteiger partial charge < -0.3 is 10.5 Å². The molecule has 0 spiro atoms. The molecule has 5 heteroatoms. The summed E-state index contributed by atoms with van der Waals surface area (Å²) in [6.45, 7) is 0. The van der Waals surface area contributed by atoms with Crippen LogP contribution in [0, 0.1) is 0 Å². The number of hydrogen-bond acceptors (Lipinski definition) is 4. The highest BCUT2D eigenvalue weighted by atomic mass is 32.2. The molecule has 1 heterocycles. The second-order valence-corrected chi connectivity index (χ2v) is 6.24. The predicted octanol–water partition coefficient (Wildman–Crippen LogP) is 0.535. The van der Waals surface area contributed by atoms with Gasteiger partial charge in [0.2, 0.25) is 0 Å².